The van der Waals surface area contributed by atoms with E-state index < -0.39 is 0 Å². The molecule has 0 aliphatic carbocycles. The second-order valence-corrected chi connectivity index (χ2v) is 8.42. The molecule has 1 unspecified atom stereocenters. The van der Waals surface area contributed by atoms with Gasteiger partial charge in [-0.3, -0.25) is 15.2 Å². The van der Waals surface area contributed by atoms with Crippen molar-refractivity contribution in [1.82, 2.24) is 19.9 Å². The number of piperidine rings is 1. The van der Waals surface area contributed by atoms with Gasteiger partial charge in [-0.25, -0.2) is 9.97 Å². The number of hydrogen-bond acceptors (Lipinski definition) is 8. The highest BCUT2D eigenvalue weighted by molar-refractivity contribution is 6.16. The lowest BCUT2D eigenvalue weighted by molar-refractivity contribution is -0.127. The van der Waals surface area contributed by atoms with Gasteiger partial charge in [0.05, 0.1) is 17.0 Å². The summed E-state index contributed by atoms with van der Waals surface area (Å²) in [4.78, 5) is 26.6. The van der Waals surface area contributed by atoms with E-state index in [2.05, 4.69) is 26.8 Å². The van der Waals surface area contributed by atoms with Gasteiger partial charge in [0.25, 0.3) is 0 Å². The Labute approximate surface area is 204 Å². The van der Waals surface area contributed by atoms with Gasteiger partial charge in [-0.05, 0) is 61.7 Å². The number of pyridine rings is 1. The molecule has 1 aromatic carbocycles. The first kappa shape index (κ1) is 23.9. The van der Waals surface area contributed by atoms with Gasteiger partial charge in [-0.15, -0.1) is 0 Å². The molecule has 0 spiro atoms. The lowest BCUT2D eigenvalue weighted by Crippen LogP contribution is -2.44. The minimum absolute atomic E-state index is 0.0161. The van der Waals surface area contributed by atoms with Crippen LogP contribution >= 0.6 is 0 Å². The topological polar surface area (TPSA) is 130 Å². The van der Waals surface area contributed by atoms with Crippen LogP contribution in [0.15, 0.2) is 61.6 Å². The zero-order valence-electron chi connectivity index (χ0n) is 19.7. The van der Waals surface area contributed by atoms with Crippen LogP contribution in [0, 0.1) is 12.3 Å². The smallest absolute Gasteiger partial charge is 0.246 e. The Morgan fingerprint density at radius 1 is 1.31 bits per heavy atom. The number of nitrogen functional groups attached to an aromatic ring is 1. The van der Waals surface area contributed by atoms with Crippen LogP contribution in [0.25, 0.3) is 0 Å². The molecule has 9 heteroatoms. The van der Waals surface area contributed by atoms with Gasteiger partial charge in [0.15, 0.2) is 0 Å². The van der Waals surface area contributed by atoms with Crippen LogP contribution < -0.4 is 15.8 Å². The lowest BCUT2D eigenvalue weighted by atomic mass is 10.00. The summed E-state index contributed by atoms with van der Waals surface area (Å²) in [5.74, 6) is 1.33. The number of carbonyl (C=O) groups excluding carboxylic acids is 1. The number of benzene rings is 1. The van der Waals surface area contributed by atoms with Crippen molar-refractivity contribution in [1.29, 1.82) is 5.41 Å². The van der Waals surface area contributed by atoms with Gasteiger partial charge in [-0.1, -0.05) is 12.6 Å². The Morgan fingerprint density at radius 3 is 2.91 bits per heavy atom. The Hall–Kier alpha value is -4.27. The molecular weight excluding hydrogens is 442 g/mol. The van der Waals surface area contributed by atoms with E-state index in [0.29, 0.717) is 36.6 Å². The first-order valence-corrected chi connectivity index (χ1v) is 11.5. The average molecular weight is 472 g/mol. The standard InChI is InChI=1S/C26H29N7O2/c1-3-22(34)33-12-6-8-19(14-33)32-26-23(25(28)30-16-31-26)24(27)18-9-10-21(17(2)13-18)35-15-20-7-4-5-11-29-20/h3-5,7,9-11,13,16,19,27H,1,6,8,12,14-15H2,2H3,(H3,28,30,31,32). The predicted molar refractivity (Wildman–Crippen MR) is 136 cm³/mol. The maximum absolute atomic E-state index is 12.1. The fourth-order valence-corrected chi connectivity index (χ4v) is 4.12. The minimum atomic E-state index is -0.0903. The van der Waals surface area contributed by atoms with Gasteiger partial charge in [-0.2, -0.15) is 0 Å². The molecule has 4 rings (SSSR count). The highest BCUT2D eigenvalue weighted by Crippen LogP contribution is 2.27. The first-order chi connectivity index (χ1) is 17.0. The monoisotopic (exact) mass is 471 g/mol. The van der Waals surface area contributed by atoms with Crippen LogP contribution in [-0.4, -0.2) is 50.6 Å². The van der Waals surface area contributed by atoms with Crippen LogP contribution in [-0.2, 0) is 11.4 Å². The number of anilines is 2. The van der Waals surface area contributed by atoms with Crippen LogP contribution in [0.4, 0.5) is 11.6 Å². The number of likely N-dealkylation sites (tertiary alicyclic amines) is 1. The second-order valence-electron chi connectivity index (χ2n) is 8.42. The van der Waals surface area contributed by atoms with E-state index >= 15 is 0 Å². The number of nitrogens with one attached hydrogen (secondary N) is 2. The van der Waals surface area contributed by atoms with Crippen molar-refractivity contribution in [2.75, 3.05) is 24.1 Å². The molecule has 1 fully saturated rings. The van der Waals surface area contributed by atoms with Gasteiger partial charge in [0.2, 0.25) is 5.91 Å². The van der Waals surface area contributed by atoms with Crippen molar-refractivity contribution >= 4 is 23.3 Å². The summed E-state index contributed by atoms with van der Waals surface area (Å²) in [6.45, 7) is 7.10. The predicted octanol–water partition coefficient (Wildman–Crippen LogP) is 3.35. The van der Waals surface area contributed by atoms with Crippen molar-refractivity contribution in [3.8, 4) is 5.75 Å². The molecule has 2 aromatic heterocycles. The molecule has 0 bridgehead atoms. The third kappa shape index (κ3) is 5.63. The third-order valence-electron chi connectivity index (χ3n) is 5.94. The number of amides is 1. The zero-order chi connectivity index (χ0) is 24.8. The van der Waals surface area contributed by atoms with E-state index in [1.54, 1.807) is 11.1 Å². The maximum atomic E-state index is 12.1. The van der Waals surface area contributed by atoms with Gasteiger partial charge < -0.3 is 20.7 Å². The molecule has 1 aliphatic heterocycles. The van der Waals surface area contributed by atoms with E-state index in [9.17, 15) is 4.79 Å². The molecule has 3 heterocycles. The molecule has 1 aliphatic rings. The Morgan fingerprint density at radius 2 is 2.17 bits per heavy atom. The zero-order valence-corrected chi connectivity index (χ0v) is 19.7. The third-order valence-corrected chi connectivity index (χ3v) is 5.94. The van der Waals surface area contributed by atoms with E-state index in [-0.39, 0.29) is 23.5 Å². The van der Waals surface area contributed by atoms with Gasteiger partial charge in [0.1, 0.15) is 30.3 Å². The molecule has 180 valence electrons. The molecule has 3 aromatic rings. The minimum Gasteiger partial charge on any atom is -0.487 e. The number of hydrogen-bond donors (Lipinski definition) is 3. The number of rotatable bonds is 8. The van der Waals surface area contributed by atoms with Crippen molar-refractivity contribution < 1.29 is 9.53 Å². The van der Waals surface area contributed by atoms with Crippen molar-refractivity contribution in [3.05, 3.63) is 84.0 Å². The van der Waals surface area contributed by atoms with Gasteiger partial charge in [0, 0.05) is 30.9 Å². The second kappa shape index (κ2) is 10.8. The van der Waals surface area contributed by atoms with Crippen molar-refractivity contribution in [2.24, 2.45) is 0 Å². The van der Waals surface area contributed by atoms with Crippen LogP contribution in [0.5, 0.6) is 5.75 Å². The number of nitrogens with zero attached hydrogens (tertiary/aromatic N) is 4. The molecule has 1 saturated heterocycles. The highest BCUT2D eigenvalue weighted by atomic mass is 16.5. The molecule has 0 saturated carbocycles. The Bertz CT molecular complexity index is 1230. The van der Waals surface area contributed by atoms with Gasteiger partial charge >= 0.3 is 0 Å². The SMILES string of the molecule is C=CC(=O)N1CCCC(Nc2ncnc(N)c2C(=N)c2ccc(OCc3ccccn3)c(C)c2)C1. The quantitative estimate of drug-likeness (QED) is 0.339. The molecule has 35 heavy (non-hydrogen) atoms. The maximum Gasteiger partial charge on any atom is 0.246 e. The summed E-state index contributed by atoms with van der Waals surface area (Å²) < 4.78 is 5.92. The molecule has 9 nitrogen and oxygen atoms in total. The number of aromatic nitrogens is 3. The summed E-state index contributed by atoms with van der Waals surface area (Å²) in [5.41, 5.74) is 9.24. The number of aryl methyl sites for hydroxylation is 1. The van der Waals surface area contributed by atoms with Crippen molar-refractivity contribution in [3.63, 3.8) is 0 Å². The molecule has 1 amide bonds. The average Bonchev–Trinajstić information content (AvgIpc) is 2.88. The number of nitrogens with two attached hydrogens (primary N) is 1. The number of carbonyl (C=O) groups is 1. The Balaban J connectivity index is 1.52. The first-order valence-electron chi connectivity index (χ1n) is 11.5. The molecule has 0 radical (unpaired) electrons. The Kier molecular flexibility index (Phi) is 7.35. The summed E-state index contributed by atoms with van der Waals surface area (Å²) in [7, 11) is 0. The largest absolute Gasteiger partial charge is 0.487 e. The van der Waals surface area contributed by atoms with E-state index in [1.165, 1.54) is 12.4 Å². The number of ether oxygens (including phenoxy) is 1. The molecule has 4 N–H and O–H groups in total. The summed E-state index contributed by atoms with van der Waals surface area (Å²) >= 11 is 0. The van der Waals surface area contributed by atoms with Crippen LogP contribution in [0.1, 0.15) is 35.2 Å². The van der Waals surface area contributed by atoms with E-state index in [0.717, 1.165) is 29.8 Å². The normalized spacial score (nSPS) is 15.3. The summed E-state index contributed by atoms with van der Waals surface area (Å²) in [5, 5.41) is 12.3. The summed E-state index contributed by atoms with van der Waals surface area (Å²) in [6, 6.07) is 11.2. The fraction of sp³-hybridized carbons (Fsp3) is 0.269. The summed E-state index contributed by atoms with van der Waals surface area (Å²) in [6.07, 6.45) is 6.18. The van der Waals surface area contributed by atoms with Crippen LogP contribution in [0.2, 0.25) is 0 Å². The van der Waals surface area contributed by atoms with Crippen LogP contribution in [0.3, 0.4) is 0 Å². The van der Waals surface area contributed by atoms with E-state index in [4.69, 9.17) is 15.9 Å². The highest BCUT2D eigenvalue weighted by Gasteiger charge is 2.25. The molecule has 1 atom stereocenters. The fourth-order valence-electron chi connectivity index (χ4n) is 4.12. The van der Waals surface area contributed by atoms with Crippen molar-refractivity contribution in [2.45, 2.75) is 32.4 Å². The van der Waals surface area contributed by atoms with E-state index in [1.807, 2.05) is 43.3 Å². The molecular formula is C26H29N7O2. The lowest BCUT2D eigenvalue weighted by Gasteiger charge is -2.33.